The highest BCUT2D eigenvalue weighted by atomic mass is 32.2. The van der Waals surface area contributed by atoms with Gasteiger partial charge in [0, 0.05) is 6.54 Å². The van der Waals surface area contributed by atoms with E-state index in [1.54, 1.807) is 16.4 Å². The Labute approximate surface area is 203 Å². The average Bonchev–Trinajstić information content (AvgIpc) is 3.34. The van der Waals surface area contributed by atoms with Gasteiger partial charge in [-0.3, -0.25) is 4.79 Å². The summed E-state index contributed by atoms with van der Waals surface area (Å²) in [7, 11) is -1.59. The molecule has 0 aromatic heterocycles. The summed E-state index contributed by atoms with van der Waals surface area (Å²) in [6.07, 6.45) is -3.13. The topological polar surface area (TPSA) is 49.4 Å². The van der Waals surface area contributed by atoms with Crippen molar-refractivity contribution >= 4 is 16.9 Å². The van der Waals surface area contributed by atoms with Crippen LogP contribution < -0.4 is 5.32 Å². The van der Waals surface area contributed by atoms with Gasteiger partial charge in [0.05, 0.1) is 16.5 Å². The van der Waals surface area contributed by atoms with Crippen LogP contribution in [-0.2, 0) is 22.0 Å². The lowest BCUT2D eigenvalue weighted by molar-refractivity contribution is -0.137. The van der Waals surface area contributed by atoms with Crippen LogP contribution in [0.2, 0.25) is 0 Å². The van der Waals surface area contributed by atoms with Gasteiger partial charge in [0.25, 0.3) is 0 Å². The zero-order chi connectivity index (χ0) is 25.2. The number of nitrogens with zero attached hydrogens (tertiary/aromatic N) is 1. The first kappa shape index (κ1) is 25.1. The molecule has 0 aliphatic carbocycles. The van der Waals surface area contributed by atoms with E-state index in [9.17, 15) is 26.6 Å². The molecular formula is C26H24F4N2O2S. The van der Waals surface area contributed by atoms with Crippen molar-refractivity contribution in [3.63, 3.8) is 0 Å². The molecule has 0 saturated carbocycles. The molecule has 3 aromatic carbocycles. The third kappa shape index (κ3) is 5.79. The number of benzene rings is 3. The van der Waals surface area contributed by atoms with Crippen molar-refractivity contribution in [1.82, 2.24) is 9.62 Å². The highest BCUT2D eigenvalue weighted by Gasteiger charge is 2.35. The molecule has 1 saturated heterocycles. The molecule has 1 unspecified atom stereocenters. The van der Waals surface area contributed by atoms with Crippen molar-refractivity contribution in [1.29, 1.82) is 0 Å². The standard InChI is InChI=1S/C26H24F4N2O2S/c1-17(19-4-2-5-20(16-19)18-7-9-21(10-8-18)26(28,29)30)31-25(33)24-6-3-15-32(24)35(34)23-13-11-22(27)12-14-23/h2,4-5,7-14,16-17,24H,3,6,15H2,1H3,(H,31,33)/t17-,24+,35?/m1/s1. The van der Waals surface area contributed by atoms with E-state index in [-0.39, 0.29) is 11.9 Å². The maximum Gasteiger partial charge on any atom is 0.416 e. The first-order chi connectivity index (χ1) is 16.6. The zero-order valence-electron chi connectivity index (χ0n) is 18.9. The van der Waals surface area contributed by atoms with Gasteiger partial charge in [0.2, 0.25) is 5.91 Å². The van der Waals surface area contributed by atoms with Gasteiger partial charge in [-0.25, -0.2) is 12.9 Å². The molecule has 1 amide bonds. The smallest absolute Gasteiger partial charge is 0.348 e. The number of alkyl halides is 3. The summed E-state index contributed by atoms with van der Waals surface area (Å²) in [4.78, 5) is 13.5. The first-order valence-electron chi connectivity index (χ1n) is 11.2. The van der Waals surface area contributed by atoms with E-state index in [1.165, 1.54) is 36.4 Å². The summed E-state index contributed by atoms with van der Waals surface area (Å²) < 4.78 is 66.4. The average molecular weight is 505 g/mol. The lowest BCUT2D eigenvalue weighted by Gasteiger charge is -2.24. The van der Waals surface area contributed by atoms with Crippen LogP contribution in [0.25, 0.3) is 11.1 Å². The largest absolute Gasteiger partial charge is 0.416 e. The molecule has 9 heteroatoms. The van der Waals surface area contributed by atoms with E-state index < -0.39 is 34.6 Å². The summed E-state index contributed by atoms with van der Waals surface area (Å²) in [6, 6.07) is 16.6. The Balaban J connectivity index is 1.45. The lowest BCUT2D eigenvalue weighted by atomic mass is 9.99. The molecule has 1 aliphatic heterocycles. The van der Waals surface area contributed by atoms with Gasteiger partial charge in [-0.15, -0.1) is 0 Å². The van der Waals surface area contributed by atoms with Gasteiger partial charge in [-0.1, -0.05) is 30.3 Å². The molecule has 1 aliphatic rings. The minimum Gasteiger partial charge on any atom is -0.348 e. The fourth-order valence-electron chi connectivity index (χ4n) is 4.12. The van der Waals surface area contributed by atoms with E-state index in [0.29, 0.717) is 29.8 Å². The third-order valence-electron chi connectivity index (χ3n) is 6.03. The van der Waals surface area contributed by atoms with Crippen LogP contribution in [0.5, 0.6) is 0 Å². The summed E-state index contributed by atoms with van der Waals surface area (Å²) in [6.45, 7) is 2.31. The van der Waals surface area contributed by atoms with Gasteiger partial charge < -0.3 is 5.32 Å². The Kier molecular flexibility index (Phi) is 7.37. The second kappa shape index (κ2) is 10.3. The van der Waals surface area contributed by atoms with E-state index in [2.05, 4.69) is 5.32 Å². The number of nitrogens with one attached hydrogen (secondary N) is 1. The Morgan fingerprint density at radius 2 is 1.71 bits per heavy atom. The molecule has 4 nitrogen and oxygen atoms in total. The molecule has 1 fully saturated rings. The van der Waals surface area contributed by atoms with Crippen LogP contribution in [0.3, 0.4) is 0 Å². The van der Waals surface area contributed by atoms with Gasteiger partial charge in [0.15, 0.2) is 0 Å². The minimum atomic E-state index is -4.40. The van der Waals surface area contributed by atoms with E-state index in [0.717, 1.165) is 23.3 Å². The van der Waals surface area contributed by atoms with Crippen molar-refractivity contribution in [3.05, 3.63) is 89.7 Å². The van der Waals surface area contributed by atoms with E-state index >= 15 is 0 Å². The van der Waals surface area contributed by atoms with Gasteiger partial charge >= 0.3 is 6.18 Å². The number of rotatable bonds is 6. The number of halogens is 4. The fraction of sp³-hybridized carbons (Fsp3) is 0.269. The van der Waals surface area contributed by atoms with Crippen molar-refractivity contribution < 1.29 is 26.6 Å². The number of hydrogen-bond donors (Lipinski definition) is 1. The highest BCUT2D eigenvalue weighted by molar-refractivity contribution is 7.82. The predicted octanol–water partition coefficient (Wildman–Crippen LogP) is 5.88. The molecule has 3 atom stereocenters. The van der Waals surface area contributed by atoms with Crippen molar-refractivity contribution in [2.75, 3.05) is 6.54 Å². The monoisotopic (exact) mass is 504 g/mol. The second-order valence-electron chi connectivity index (χ2n) is 8.43. The third-order valence-corrected chi connectivity index (χ3v) is 7.56. The van der Waals surface area contributed by atoms with Gasteiger partial charge in [-0.05, 0) is 78.9 Å². The predicted molar refractivity (Wildman–Crippen MR) is 126 cm³/mol. The van der Waals surface area contributed by atoms with Crippen LogP contribution in [0.15, 0.2) is 77.7 Å². The van der Waals surface area contributed by atoms with Crippen LogP contribution in [-0.4, -0.2) is 27.0 Å². The Hall–Kier alpha value is -3.04. The number of amides is 1. The highest BCUT2D eigenvalue weighted by Crippen LogP contribution is 2.32. The fourth-order valence-corrected chi connectivity index (χ4v) is 5.49. The quantitative estimate of drug-likeness (QED) is 0.427. The molecule has 0 bridgehead atoms. The van der Waals surface area contributed by atoms with Crippen LogP contribution in [0.1, 0.15) is 36.9 Å². The summed E-state index contributed by atoms with van der Waals surface area (Å²) >= 11 is 0. The maximum absolute atomic E-state index is 13.2. The van der Waals surface area contributed by atoms with Crippen molar-refractivity contribution in [2.24, 2.45) is 0 Å². The van der Waals surface area contributed by atoms with Crippen LogP contribution >= 0.6 is 0 Å². The first-order valence-corrected chi connectivity index (χ1v) is 12.3. The molecule has 1 N–H and O–H groups in total. The minimum absolute atomic E-state index is 0.259. The van der Waals surface area contributed by atoms with E-state index in [4.69, 9.17) is 0 Å². The molecule has 3 aromatic rings. The zero-order valence-corrected chi connectivity index (χ0v) is 19.7. The van der Waals surface area contributed by atoms with Crippen LogP contribution in [0, 0.1) is 5.82 Å². The van der Waals surface area contributed by atoms with Crippen LogP contribution in [0.4, 0.5) is 17.6 Å². The molecule has 35 heavy (non-hydrogen) atoms. The summed E-state index contributed by atoms with van der Waals surface area (Å²) in [5.74, 6) is -0.681. The normalized spacial score (nSPS) is 18.3. The Morgan fingerprint density at radius 3 is 2.37 bits per heavy atom. The van der Waals surface area contributed by atoms with Gasteiger partial charge in [-0.2, -0.15) is 13.2 Å². The van der Waals surface area contributed by atoms with Crippen molar-refractivity contribution in [3.8, 4) is 11.1 Å². The molecule has 0 spiro atoms. The molecule has 0 radical (unpaired) electrons. The lowest BCUT2D eigenvalue weighted by Crippen LogP contribution is -2.44. The van der Waals surface area contributed by atoms with Gasteiger partial charge in [0.1, 0.15) is 22.8 Å². The Morgan fingerprint density at radius 1 is 1.03 bits per heavy atom. The summed E-state index contributed by atoms with van der Waals surface area (Å²) in [5, 5.41) is 2.97. The molecule has 184 valence electrons. The number of hydrogen-bond acceptors (Lipinski definition) is 2. The summed E-state index contributed by atoms with van der Waals surface area (Å²) in [5.41, 5.74) is 1.45. The maximum atomic E-state index is 13.2. The van der Waals surface area contributed by atoms with E-state index in [1.807, 2.05) is 19.1 Å². The molecular weight excluding hydrogens is 480 g/mol. The second-order valence-corrected chi connectivity index (χ2v) is 9.87. The number of carbonyl (C=O) groups is 1. The SMILES string of the molecule is C[C@@H](NC(=O)[C@@H]1CCCN1S(=O)c1ccc(F)cc1)c1cccc(-c2ccc(C(F)(F)F)cc2)c1. The number of carbonyl (C=O) groups excluding carboxylic acids is 1. The molecule has 4 rings (SSSR count). The Bertz CT molecular complexity index is 1210. The molecule has 1 heterocycles. The van der Waals surface area contributed by atoms with Crippen molar-refractivity contribution in [2.45, 2.75) is 42.9 Å².